The van der Waals surface area contributed by atoms with Gasteiger partial charge in [-0.3, -0.25) is 9.48 Å². The zero-order chi connectivity index (χ0) is 16.0. The Labute approximate surface area is 134 Å². The molecule has 1 amide bonds. The molecule has 2 aliphatic rings. The fraction of sp³-hybridized carbons (Fsp3) is 0.625. The molecule has 1 saturated heterocycles. The number of likely N-dealkylation sites (tertiary alicyclic amines) is 1. The van der Waals surface area contributed by atoms with Gasteiger partial charge in [-0.25, -0.2) is 0 Å². The SMILES string of the molecule is Cc1noc(C2CCN(C(=O)[C@@H]3C[C@@H]3c3cnn(C)c3)CC2)n1. The third-order valence-electron chi connectivity index (χ3n) is 4.96. The van der Waals surface area contributed by atoms with E-state index < -0.39 is 0 Å². The molecule has 0 bridgehead atoms. The molecule has 1 aliphatic carbocycles. The van der Waals surface area contributed by atoms with Crippen LogP contribution in [0.2, 0.25) is 0 Å². The average Bonchev–Trinajstić information content (AvgIpc) is 3.05. The number of carbonyl (C=O) groups excluding carboxylic acids is 1. The first kappa shape index (κ1) is 14.4. The van der Waals surface area contributed by atoms with Crippen LogP contribution in [0.3, 0.4) is 0 Å². The number of carbonyl (C=O) groups is 1. The molecule has 0 aromatic carbocycles. The van der Waals surface area contributed by atoms with Crippen molar-refractivity contribution in [2.24, 2.45) is 13.0 Å². The molecule has 4 rings (SSSR count). The molecular weight excluding hydrogens is 294 g/mol. The van der Waals surface area contributed by atoms with Gasteiger partial charge in [-0.1, -0.05) is 5.16 Å². The maximum absolute atomic E-state index is 12.6. The summed E-state index contributed by atoms with van der Waals surface area (Å²) >= 11 is 0. The summed E-state index contributed by atoms with van der Waals surface area (Å²) in [6, 6.07) is 0. The summed E-state index contributed by atoms with van der Waals surface area (Å²) in [4.78, 5) is 19.0. The molecule has 3 heterocycles. The molecule has 7 nitrogen and oxygen atoms in total. The van der Waals surface area contributed by atoms with Crippen LogP contribution in [0.4, 0.5) is 0 Å². The Kier molecular flexibility index (Phi) is 3.43. The molecule has 0 N–H and O–H groups in total. The summed E-state index contributed by atoms with van der Waals surface area (Å²) in [5, 5.41) is 8.05. The van der Waals surface area contributed by atoms with Crippen molar-refractivity contribution in [3.63, 3.8) is 0 Å². The molecule has 0 unspecified atom stereocenters. The quantitative estimate of drug-likeness (QED) is 0.860. The van der Waals surface area contributed by atoms with E-state index in [-0.39, 0.29) is 11.8 Å². The van der Waals surface area contributed by atoms with E-state index in [1.54, 1.807) is 4.68 Å². The number of hydrogen-bond acceptors (Lipinski definition) is 5. The lowest BCUT2D eigenvalue weighted by Gasteiger charge is -2.30. The van der Waals surface area contributed by atoms with E-state index in [2.05, 4.69) is 15.2 Å². The van der Waals surface area contributed by atoms with Crippen LogP contribution in [-0.2, 0) is 11.8 Å². The number of nitrogens with zero attached hydrogens (tertiary/aromatic N) is 5. The minimum Gasteiger partial charge on any atom is -0.342 e. The first-order valence-corrected chi connectivity index (χ1v) is 8.19. The standard InChI is InChI=1S/C16H21N5O2/c1-10-18-15(23-19-10)11-3-5-21(6-4-11)16(22)14-7-13(14)12-8-17-20(2)9-12/h8-9,11,13-14H,3-7H2,1-2H3/t13-,14-/m1/s1. The lowest BCUT2D eigenvalue weighted by atomic mass is 9.96. The number of aryl methyl sites for hydroxylation is 2. The van der Waals surface area contributed by atoms with Crippen LogP contribution in [0.15, 0.2) is 16.9 Å². The maximum Gasteiger partial charge on any atom is 0.229 e. The molecule has 2 aromatic rings. The highest BCUT2D eigenvalue weighted by atomic mass is 16.5. The number of hydrogen-bond donors (Lipinski definition) is 0. The molecule has 7 heteroatoms. The summed E-state index contributed by atoms with van der Waals surface area (Å²) in [6.45, 7) is 3.39. The Balaban J connectivity index is 1.33. The first-order valence-electron chi connectivity index (χ1n) is 8.19. The van der Waals surface area contributed by atoms with Gasteiger partial charge < -0.3 is 9.42 Å². The van der Waals surface area contributed by atoms with Gasteiger partial charge in [0, 0.05) is 38.2 Å². The molecule has 122 valence electrons. The Morgan fingerprint density at radius 3 is 2.74 bits per heavy atom. The molecule has 1 saturated carbocycles. The average molecular weight is 315 g/mol. The summed E-state index contributed by atoms with van der Waals surface area (Å²) in [5.74, 6) is 2.46. The summed E-state index contributed by atoms with van der Waals surface area (Å²) < 4.78 is 7.06. The van der Waals surface area contributed by atoms with Crippen molar-refractivity contribution in [1.29, 1.82) is 0 Å². The normalized spacial score (nSPS) is 24.9. The van der Waals surface area contributed by atoms with Crippen LogP contribution in [0.5, 0.6) is 0 Å². The van der Waals surface area contributed by atoms with Crippen LogP contribution in [-0.4, -0.2) is 43.8 Å². The fourth-order valence-corrected chi connectivity index (χ4v) is 3.53. The molecule has 2 aromatic heterocycles. The van der Waals surface area contributed by atoms with E-state index in [4.69, 9.17) is 4.52 Å². The van der Waals surface area contributed by atoms with Gasteiger partial charge in [0.15, 0.2) is 5.82 Å². The van der Waals surface area contributed by atoms with Crippen LogP contribution >= 0.6 is 0 Å². The Morgan fingerprint density at radius 1 is 1.35 bits per heavy atom. The van der Waals surface area contributed by atoms with Crippen LogP contribution in [0, 0.1) is 12.8 Å². The van der Waals surface area contributed by atoms with Crippen molar-refractivity contribution in [1.82, 2.24) is 24.8 Å². The van der Waals surface area contributed by atoms with Crippen molar-refractivity contribution >= 4 is 5.91 Å². The van der Waals surface area contributed by atoms with Gasteiger partial charge >= 0.3 is 0 Å². The minimum absolute atomic E-state index is 0.140. The molecular formula is C16H21N5O2. The Hall–Kier alpha value is -2.18. The molecule has 2 fully saturated rings. The van der Waals surface area contributed by atoms with Gasteiger partial charge in [-0.2, -0.15) is 10.1 Å². The summed E-state index contributed by atoms with van der Waals surface area (Å²) in [6.07, 6.45) is 6.65. The second-order valence-corrected chi connectivity index (χ2v) is 6.68. The number of rotatable bonds is 3. The van der Waals surface area contributed by atoms with E-state index in [0.717, 1.165) is 32.4 Å². The second-order valence-electron chi connectivity index (χ2n) is 6.68. The molecule has 1 aliphatic heterocycles. The zero-order valence-electron chi connectivity index (χ0n) is 13.5. The van der Waals surface area contributed by atoms with E-state index in [1.165, 1.54) is 5.56 Å². The summed E-state index contributed by atoms with van der Waals surface area (Å²) in [5.41, 5.74) is 1.18. The molecule has 0 spiro atoms. The first-order chi connectivity index (χ1) is 11.1. The number of amides is 1. The van der Waals surface area contributed by atoms with E-state index in [9.17, 15) is 4.79 Å². The maximum atomic E-state index is 12.6. The van der Waals surface area contributed by atoms with Gasteiger partial charge in [-0.05, 0) is 37.7 Å². The topological polar surface area (TPSA) is 77.0 Å². The smallest absolute Gasteiger partial charge is 0.229 e. The van der Waals surface area contributed by atoms with E-state index in [1.807, 2.05) is 31.3 Å². The molecule has 23 heavy (non-hydrogen) atoms. The van der Waals surface area contributed by atoms with E-state index >= 15 is 0 Å². The Morgan fingerprint density at radius 2 is 2.13 bits per heavy atom. The fourth-order valence-electron chi connectivity index (χ4n) is 3.53. The van der Waals surface area contributed by atoms with Gasteiger partial charge in [0.25, 0.3) is 0 Å². The predicted molar refractivity (Wildman–Crippen MR) is 81.6 cm³/mol. The van der Waals surface area contributed by atoms with Crippen molar-refractivity contribution in [2.45, 2.75) is 38.0 Å². The van der Waals surface area contributed by atoms with Gasteiger partial charge in [0.1, 0.15) is 0 Å². The van der Waals surface area contributed by atoms with Crippen molar-refractivity contribution in [3.05, 3.63) is 29.7 Å². The Bertz CT molecular complexity index is 714. The largest absolute Gasteiger partial charge is 0.342 e. The molecule has 0 radical (unpaired) electrons. The monoisotopic (exact) mass is 315 g/mol. The van der Waals surface area contributed by atoms with E-state index in [0.29, 0.717) is 23.5 Å². The number of aromatic nitrogens is 4. The molecule has 2 atom stereocenters. The van der Waals surface area contributed by atoms with Crippen molar-refractivity contribution in [3.8, 4) is 0 Å². The number of piperidine rings is 1. The summed E-state index contributed by atoms with van der Waals surface area (Å²) in [7, 11) is 1.91. The lowest BCUT2D eigenvalue weighted by molar-refractivity contribution is -0.133. The van der Waals surface area contributed by atoms with Crippen molar-refractivity contribution in [2.75, 3.05) is 13.1 Å². The van der Waals surface area contributed by atoms with Crippen LogP contribution < -0.4 is 0 Å². The second kappa shape index (κ2) is 5.47. The highest BCUT2D eigenvalue weighted by Crippen LogP contribution is 2.48. The third-order valence-corrected chi connectivity index (χ3v) is 4.96. The van der Waals surface area contributed by atoms with Crippen LogP contribution in [0.25, 0.3) is 0 Å². The van der Waals surface area contributed by atoms with Gasteiger partial charge in [-0.15, -0.1) is 0 Å². The lowest BCUT2D eigenvalue weighted by Crippen LogP contribution is -2.39. The highest BCUT2D eigenvalue weighted by Gasteiger charge is 2.46. The van der Waals surface area contributed by atoms with Gasteiger partial charge in [0.05, 0.1) is 6.20 Å². The van der Waals surface area contributed by atoms with Crippen LogP contribution in [0.1, 0.15) is 48.4 Å². The highest BCUT2D eigenvalue weighted by molar-refractivity contribution is 5.83. The van der Waals surface area contributed by atoms with Crippen molar-refractivity contribution < 1.29 is 9.32 Å². The predicted octanol–water partition coefficient (Wildman–Crippen LogP) is 1.62. The third kappa shape index (κ3) is 2.75. The van der Waals surface area contributed by atoms with Gasteiger partial charge in [0.2, 0.25) is 11.8 Å². The minimum atomic E-state index is 0.140. The zero-order valence-corrected chi connectivity index (χ0v) is 13.5.